The van der Waals surface area contributed by atoms with Gasteiger partial charge in [0.25, 0.3) is 5.91 Å². The lowest BCUT2D eigenvalue weighted by Crippen LogP contribution is -2.36. The van der Waals surface area contributed by atoms with Gasteiger partial charge in [-0.25, -0.2) is 0 Å². The van der Waals surface area contributed by atoms with Crippen LogP contribution < -0.4 is 16.4 Å². The van der Waals surface area contributed by atoms with Crippen molar-refractivity contribution >= 4 is 36.7 Å². The van der Waals surface area contributed by atoms with E-state index in [1.165, 1.54) is 5.56 Å². The average Bonchev–Trinajstić information content (AvgIpc) is 3.18. The number of nitrogens with two attached hydrogens (primary N) is 1. The molecule has 3 rings (SSSR count). The van der Waals surface area contributed by atoms with E-state index in [0.717, 1.165) is 23.2 Å². The number of benzene rings is 2. The Hall–Kier alpha value is -2.41. The van der Waals surface area contributed by atoms with Crippen molar-refractivity contribution in [1.29, 1.82) is 0 Å². The lowest BCUT2D eigenvalue weighted by Gasteiger charge is -2.16. The van der Waals surface area contributed by atoms with Crippen molar-refractivity contribution in [3.8, 4) is 10.4 Å². The highest BCUT2D eigenvalue weighted by Gasteiger charge is 2.12. The highest BCUT2D eigenvalue weighted by molar-refractivity contribution is 7.13. The molecule has 0 radical (unpaired) electrons. The van der Waals surface area contributed by atoms with Gasteiger partial charge in [0.2, 0.25) is 0 Å². The molecule has 4 nitrogen and oxygen atoms in total. The van der Waals surface area contributed by atoms with E-state index in [-0.39, 0.29) is 5.91 Å². The van der Waals surface area contributed by atoms with Crippen molar-refractivity contribution in [3.05, 3.63) is 71.1 Å². The van der Waals surface area contributed by atoms with Crippen molar-refractivity contribution < 1.29 is 4.79 Å². The standard InChI is InChI=1S/C22H27N3OSSi/c1-28(2,3)15-24-14-16-6-8-17(9-7-16)22(26)25-20-13-18(10-11-19(20)23)21-5-4-12-27-21/h4-13,24H,14-15,23H2,1-3H3,(H,25,26). The molecule has 0 unspecified atom stereocenters. The second kappa shape index (κ2) is 8.73. The van der Waals surface area contributed by atoms with Crippen molar-refractivity contribution in [3.63, 3.8) is 0 Å². The number of thiophene rings is 1. The summed E-state index contributed by atoms with van der Waals surface area (Å²) in [7, 11) is -1.10. The zero-order chi connectivity index (χ0) is 20.1. The molecule has 0 aliphatic rings. The first kappa shape index (κ1) is 20.3. The van der Waals surface area contributed by atoms with E-state index < -0.39 is 8.07 Å². The van der Waals surface area contributed by atoms with E-state index in [2.05, 4.69) is 36.3 Å². The van der Waals surface area contributed by atoms with Gasteiger partial charge in [-0.3, -0.25) is 4.79 Å². The van der Waals surface area contributed by atoms with Crippen LogP contribution in [0.25, 0.3) is 10.4 Å². The fourth-order valence-electron chi connectivity index (χ4n) is 2.81. The van der Waals surface area contributed by atoms with Crippen LogP contribution in [0.2, 0.25) is 19.6 Å². The lowest BCUT2D eigenvalue weighted by molar-refractivity contribution is 0.102. The topological polar surface area (TPSA) is 67.2 Å². The number of nitrogen functional groups attached to an aromatic ring is 1. The molecule has 146 valence electrons. The van der Waals surface area contributed by atoms with Gasteiger partial charge >= 0.3 is 0 Å². The summed E-state index contributed by atoms with van der Waals surface area (Å²) >= 11 is 1.66. The van der Waals surface area contributed by atoms with Crippen LogP contribution in [0.5, 0.6) is 0 Å². The maximum absolute atomic E-state index is 12.6. The molecule has 6 heteroatoms. The Morgan fingerprint density at radius 2 is 1.82 bits per heavy atom. The summed E-state index contributed by atoms with van der Waals surface area (Å²) in [6.07, 6.45) is 1.08. The van der Waals surface area contributed by atoms with Crippen LogP contribution in [0.4, 0.5) is 11.4 Å². The van der Waals surface area contributed by atoms with Crippen LogP contribution in [0.1, 0.15) is 15.9 Å². The first-order valence-corrected chi connectivity index (χ1v) is 13.9. The zero-order valence-electron chi connectivity index (χ0n) is 16.6. The second-order valence-corrected chi connectivity index (χ2v) is 14.5. The highest BCUT2D eigenvalue weighted by atomic mass is 32.1. The maximum Gasteiger partial charge on any atom is 0.255 e. The number of hydrogen-bond acceptors (Lipinski definition) is 4. The van der Waals surface area contributed by atoms with E-state index >= 15 is 0 Å². The SMILES string of the molecule is C[Si](C)(C)CNCc1ccc(C(=O)Nc2cc(-c3cccs3)ccc2N)cc1. The molecule has 1 amide bonds. The third kappa shape index (κ3) is 5.54. The minimum absolute atomic E-state index is 0.156. The van der Waals surface area contributed by atoms with Gasteiger partial charge in [-0.1, -0.05) is 43.9 Å². The van der Waals surface area contributed by atoms with Crippen molar-refractivity contribution in [2.75, 3.05) is 17.2 Å². The van der Waals surface area contributed by atoms with Crippen molar-refractivity contribution in [2.45, 2.75) is 26.2 Å². The van der Waals surface area contributed by atoms with Crippen LogP contribution in [0, 0.1) is 0 Å². The number of carbonyl (C=O) groups excluding carboxylic acids is 1. The second-order valence-electron chi connectivity index (χ2n) is 8.09. The molecule has 2 aromatic carbocycles. The van der Waals surface area contributed by atoms with Gasteiger partial charge in [0, 0.05) is 17.0 Å². The lowest BCUT2D eigenvalue weighted by atomic mass is 10.1. The Morgan fingerprint density at radius 3 is 2.46 bits per heavy atom. The van der Waals surface area contributed by atoms with Gasteiger partial charge in [-0.05, 0) is 53.0 Å². The Bertz CT molecular complexity index is 931. The van der Waals surface area contributed by atoms with Crippen molar-refractivity contribution in [2.24, 2.45) is 0 Å². The van der Waals surface area contributed by atoms with Crippen LogP contribution >= 0.6 is 11.3 Å². The number of anilines is 2. The molecule has 0 spiro atoms. The van der Waals surface area contributed by atoms with E-state index in [4.69, 9.17) is 5.73 Å². The molecule has 28 heavy (non-hydrogen) atoms. The summed E-state index contributed by atoms with van der Waals surface area (Å²) < 4.78 is 0. The predicted molar refractivity (Wildman–Crippen MR) is 124 cm³/mol. The van der Waals surface area contributed by atoms with Crippen LogP contribution in [-0.4, -0.2) is 20.1 Å². The molecule has 3 aromatic rings. The Morgan fingerprint density at radius 1 is 1.07 bits per heavy atom. The Kier molecular flexibility index (Phi) is 6.34. The van der Waals surface area contributed by atoms with Gasteiger partial charge in [0.15, 0.2) is 0 Å². The Balaban J connectivity index is 1.65. The molecule has 1 heterocycles. The third-order valence-electron chi connectivity index (χ3n) is 4.31. The number of amides is 1. The fraction of sp³-hybridized carbons (Fsp3) is 0.227. The summed E-state index contributed by atoms with van der Waals surface area (Å²) in [5, 5.41) is 8.48. The fourth-order valence-corrected chi connectivity index (χ4v) is 4.41. The molecule has 0 aliphatic heterocycles. The zero-order valence-corrected chi connectivity index (χ0v) is 18.4. The molecule has 0 bridgehead atoms. The van der Waals surface area contributed by atoms with E-state index in [0.29, 0.717) is 16.9 Å². The molecule has 1 aromatic heterocycles. The summed E-state index contributed by atoms with van der Waals surface area (Å²) in [6, 6.07) is 17.5. The molecular formula is C22H27N3OSSi. The molecule has 0 atom stereocenters. The highest BCUT2D eigenvalue weighted by Crippen LogP contribution is 2.30. The van der Waals surface area contributed by atoms with Gasteiger partial charge in [0.1, 0.15) is 0 Å². The summed E-state index contributed by atoms with van der Waals surface area (Å²) in [5.74, 6) is -0.156. The monoisotopic (exact) mass is 409 g/mol. The van der Waals surface area contributed by atoms with Crippen molar-refractivity contribution in [1.82, 2.24) is 5.32 Å². The number of hydrogen-bond donors (Lipinski definition) is 3. The smallest absolute Gasteiger partial charge is 0.255 e. The minimum atomic E-state index is -1.10. The van der Waals surface area contributed by atoms with E-state index in [1.54, 1.807) is 11.3 Å². The molecule has 0 saturated heterocycles. The summed E-state index contributed by atoms with van der Waals surface area (Å²) in [6.45, 7) is 7.84. The largest absolute Gasteiger partial charge is 0.397 e. The van der Waals surface area contributed by atoms with Gasteiger partial charge < -0.3 is 16.4 Å². The molecule has 0 aliphatic carbocycles. The number of rotatable bonds is 7. The quantitative estimate of drug-likeness (QED) is 0.370. The maximum atomic E-state index is 12.6. The first-order chi connectivity index (χ1) is 13.3. The molecular weight excluding hydrogens is 382 g/mol. The molecule has 4 N–H and O–H groups in total. The number of carbonyl (C=O) groups is 1. The average molecular weight is 410 g/mol. The van der Waals surface area contributed by atoms with E-state index in [9.17, 15) is 4.79 Å². The molecule has 0 saturated carbocycles. The van der Waals surface area contributed by atoms with Gasteiger partial charge in [-0.15, -0.1) is 11.3 Å². The van der Waals surface area contributed by atoms with Crippen LogP contribution in [0.15, 0.2) is 60.0 Å². The van der Waals surface area contributed by atoms with Gasteiger partial charge in [-0.2, -0.15) is 0 Å². The van der Waals surface area contributed by atoms with Crippen LogP contribution in [-0.2, 0) is 6.54 Å². The normalized spacial score (nSPS) is 11.4. The Labute approximate surface area is 171 Å². The molecule has 0 fully saturated rings. The summed E-state index contributed by atoms with van der Waals surface area (Å²) in [5.41, 5.74) is 10.1. The predicted octanol–water partition coefficient (Wildman–Crippen LogP) is 5.22. The third-order valence-corrected chi connectivity index (χ3v) is 6.54. The minimum Gasteiger partial charge on any atom is -0.397 e. The number of nitrogens with one attached hydrogen (secondary N) is 2. The summed E-state index contributed by atoms with van der Waals surface area (Å²) in [4.78, 5) is 13.8. The first-order valence-electron chi connectivity index (χ1n) is 9.36. The van der Waals surface area contributed by atoms with E-state index in [1.807, 2.05) is 53.9 Å². The van der Waals surface area contributed by atoms with Gasteiger partial charge in [0.05, 0.1) is 19.4 Å². The van der Waals surface area contributed by atoms with Crippen LogP contribution in [0.3, 0.4) is 0 Å².